The zero-order chi connectivity index (χ0) is 19.8. The molecule has 1 amide bonds. The Kier molecular flexibility index (Phi) is 5.24. The molecule has 0 unspecified atom stereocenters. The number of anilines is 1. The maximum atomic E-state index is 13.5. The minimum absolute atomic E-state index is 0.0251. The number of nitrogens with zero attached hydrogens (tertiary/aromatic N) is 3. The molecule has 0 atom stereocenters. The fraction of sp³-hybridized carbons (Fsp3) is 0.438. The first-order chi connectivity index (χ1) is 12.7. The Morgan fingerprint density at radius 1 is 1.30 bits per heavy atom. The molecule has 3 rings (SSSR count). The van der Waals surface area contributed by atoms with E-state index in [4.69, 9.17) is 5.11 Å². The Hall–Kier alpha value is -2.40. The maximum absolute atomic E-state index is 13.5. The van der Waals surface area contributed by atoms with Crippen molar-refractivity contribution in [3.63, 3.8) is 0 Å². The number of hydrogen-bond donors (Lipinski definition) is 2. The summed E-state index contributed by atoms with van der Waals surface area (Å²) in [5, 5.41) is 12.6. The average molecular weight is 402 g/mol. The summed E-state index contributed by atoms with van der Waals surface area (Å²) in [4.78, 5) is 30.5. The molecule has 0 aromatic carbocycles. The van der Waals surface area contributed by atoms with Crippen LogP contribution in [0.25, 0.3) is 10.2 Å². The lowest BCUT2D eigenvalue weighted by molar-refractivity contribution is -0.138. The second kappa shape index (κ2) is 7.31. The van der Waals surface area contributed by atoms with E-state index in [-0.39, 0.29) is 28.1 Å². The van der Waals surface area contributed by atoms with Crippen LogP contribution in [-0.2, 0) is 11.0 Å². The summed E-state index contributed by atoms with van der Waals surface area (Å²) in [6, 6.07) is 0.999. The number of amides is 1. The molecule has 2 N–H and O–H groups in total. The molecule has 0 spiro atoms. The normalized spacial score (nSPS) is 15.9. The van der Waals surface area contributed by atoms with Crippen LogP contribution in [0, 0.1) is 0 Å². The number of pyridine rings is 1. The molecule has 1 aliphatic heterocycles. The number of aromatic nitrogens is 1. The van der Waals surface area contributed by atoms with Gasteiger partial charge in [-0.3, -0.25) is 14.5 Å². The number of thiophene rings is 1. The number of halogens is 3. The van der Waals surface area contributed by atoms with E-state index in [1.807, 2.05) is 0 Å². The molecule has 3 heterocycles. The molecule has 1 fully saturated rings. The fourth-order valence-electron chi connectivity index (χ4n) is 2.99. The highest BCUT2D eigenvalue weighted by Crippen LogP contribution is 2.40. The smallest absolute Gasteiger partial charge is 0.417 e. The first-order valence-corrected chi connectivity index (χ1v) is 8.99. The number of rotatable bonds is 4. The van der Waals surface area contributed by atoms with E-state index in [9.17, 15) is 22.8 Å². The second-order valence-electron chi connectivity index (χ2n) is 6.09. The number of carbonyl (C=O) groups excluding carboxylic acids is 1. The van der Waals surface area contributed by atoms with Gasteiger partial charge in [0.25, 0.3) is 5.91 Å². The first-order valence-electron chi connectivity index (χ1n) is 8.11. The van der Waals surface area contributed by atoms with Crippen LogP contribution in [0.5, 0.6) is 0 Å². The molecule has 0 aliphatic carbocycles. The Morgan fingerprint density at radius 3 is 2.52 bits per heavy atom. The van der Waals surface area contributed by atoms with Crippen molar-refractivity contribution in [2.24, 2.45) is 0 Å². The summed E-state index contributed by atoms with van der Waals surface area (Å²) in [7, 11) is 1.40. The topological polar surface area (TPSA) is 85.8 Å². The van der Waals surface area contributed by atoms with E-state index in [0.29, 0.717) is 26.2 Å². The minimum atomic E-state index is -4.58. The van der Waals surface area contributed by atoms with Gasteiger partial charge in [-0.25, -0.2) is 4.98 Å². The molecular weight excluding hydrogens is 385 g/mol. The Morgan fingerprint density at radius 2 is 1.96 bits per heavy atom. The third kappa shape index (κ3) is 3.98. The lowest BCUT2D eigenvalue weighted by Gasteiger charge is -2.34. The van der Waals surface area contributed by atoms with E-state index in [1.165, 1.54) is 12.4 Å². The molecule has 1 saturated heterocycles. The highest BCUT2D eigenvalue weighted by atomic mass is 32.1. The van der Waals surface area contributed by atoms with Gasteiger partial charge in [-0.2, -0.15) is 13.2 Å². The van der Waals surface area contributed by atoms with Gasteiger partial charge in [0.1, 0.15) is 5.82 Å². The van der Waals surface area contributed by atoms with Gasteiger partial charge in [0.15, 0.2) is 0 Å². The number of hydrogen-bond acceptors (Lipinski definition) is 6. The highest BCUT2D eigenvalue weighted by Gasteiger charge is 2.36. The molecule has 0 bridgehead atoms. The van der Waals surface area contributed by atoms with Gasteiger partial charge >= 0.3 is 12.1 Å². The van der Waals surface area contributed by atoms with Crippen molar-refractivity contribution in [2.45, 2.75) is 6.18 Å². The number of piperazine rings is 1. The van der Waals surface area contributed by atoms with E-state index in [0.717, 1.165) is 17.4 Å². The van der Waals surface area contributed by atoms with Crippen molar-refractivity contribution >= 4 is 39.2 Å². The highest BCUT2D eigenvalue weighted by molar-refractivity contribution is 7.17. The van der Waals surface area contributed by atoms with E-state index in [1.54, 1.807) is 9.80 Å². The average Bonchev–Trinajstić information content (AvgIpc) is 3.03. The maximum Gasteiger partial charge on any atom is 0.417 e. The number of carboxylic acids is 1. The summed E-state index contributed by atoms with van der Waals surface area (Å²) in [6.07, 6.45) is -4.58. The summed E-state index contributed by atoms with van der Waals surface area (Å²) in [6.45, 7) is 1.39. The third-order valence-corrected chi connectivity index (χ3v) is 5.34. The lowest BCUT2D eigenvalue weighted by Crippen LogP contribution is -2.48. The standard InChI is InChI=1S/C16H17F3N4O3S/c1-20-15(26)9-8-27-14-10(16(17,18)19)6-11(21-13(9)14)23-4-2-22(3-5-23)7-12(24)25/h6,8H,2-5,7H2,1H3,(H,20,26)(H,24,25). The molecule has 1 aliphatic rings. The monoisotopic (exact) mass is 402 g/mol. The Balaban J connectivity index is 1.98. The van der Waals surface area contributed by atoms with Crippen LogP contribution in [0.15, 0.2) is 11.4 Å². The molecular formula is C16H17F3N4O3S. The van der Waals surface area contributed by atoms with Gasteiger partial charge in [-0.15, -0.1) is 11.3 Å². The third-order valence-electron chi connectivity index (χ3n) is 4.34. The van der Waals surface area contributed by atoms with Crippen molar-refractivity contribution in [1.29, 1.82) is 0 Å². The van der Waals surface area contributed by atoms with Crippen LogP contribution >= 0.6 is 11.3 Å². The Labute approximate surface area is 156 Å². The summed E-state index contributed by atoms with van der Waals surface area (Å²) in [5.41, 5.74) is -0.692. The molecule has 146 valence electrons. The molecule has 7 nitrogen and oxygen atoms in total. The number of nitrogens with one attached hydrogen (secondary N) is 1. The molecule has 2 aromatic heterocycles. The van der Waals surface area contributed by atoms with Crippen LogP contribution in [0.2, 0.25) is 0 Å². The van der Waals surface area contributed by atoms with Gasteiger partial charge in [0.2, 0.25) is 0 Å². The van der Waals surface area contributed by atoms with Gasteiger partial charge < -0.3 is 15.3 Å². The molecule has 0 radical (unpaired) electrons. The Bertz CT molecular complexity index is 876. The van der Waals surface area contributed by atoms with Gasteiger partial charge in [-0.05, 0) is 6.07 Å². The van der Waals surface area contributed by atoms with Gasteiger partial charge in [-0.1, -0.05) is 0 Å². The van der Waals surface area contributed by atoms with Gasteiger partial charge in [0, 0.05) is 38.6 Å². The second-order valence-corrected chi connectivity index (χ2v) is 6.97. The number of fused-ring (bicyclic) bond motifs is 1. The van der Waals surface area contributed by atoms with Crippen LogP contribution < -0.4 is 10.2 Å². The van der Waals surface area contributed by atoms with E-state index >= 15 is 0 Å². The predicted molar refractivity (Wildman–Crippen MR) is 94.3 cm³/mol. The molecule has 27 heavy (non-hydrogen) atoms. The first kappa shape index (κ1) is 19.4. The molecule has 11 heteroatoms. The number of alkyl halides is 3. The zero-order valence-electron chi connectivity index (χ0n) is 14.3. The van der Waals surface area contributed by atoms with Gasteiger partial charge in [0.05, 0.1) is 27.9 Å². The number of carboxylic acid groups (broad SMARTS) is 1. The predicted octanol–water partition coefficient (Wildman–Crippen LogP) is 1.88. The van der Waals surface area contributed by atoms with Crippen LogP contribution in [0.1, 0.15) is 15.9 Å². The minimum Gasteiger partial charge on any atom is -0.480 e. The van der Waals surface area contributed by atoms with Crippen molar-refractivity contribution in [3.8, 4) is 0 Å². The fourth-order valence-corrected chi connectivity index (χ4v) is 4.01. The van der Waals surface area contributed by atoms with Crippen molar-refractivity contribution in [3.05, 3.63) is 22.6 Å². The van der Waals surface area contributed by atoms with Crippen molar-refractivity contribution in [1.82, 2.24) is 15.2 Å². The lowest BCUT2D eigenvalue weighted by atomic mass is 10.1. The molecule has 0 saturated carbocycles. The van der Waals surface area contributed by atoms with Crippen molar-refractivity contribution < 1.29 is 27.9 Å². The van der Waals surface area contributed by atoms with Crippen LogP contribution in [0.3, 0.4) is 0 Å². The van der Waals surface area contributed by atoms with E-state index < -0.39 is 23.6 Å². The SMILES string of the molecule is CNC(=O)c1csc2c(C(F)(F)F)cc(N3CCN(CC(=O)O)CC3)nc12. The summed E-state index contributed by atoms with van der Waals surface area (Å²) >= 11 is 0.838. The van der Waals surface area contributed by atoms with Crippen LogP contribution in [-0.4, -0.2) is 66.6 Å². The zero-order valence-corrected chi connectivity index (χ0v) is 15.2. The van der Waals surface area contributed by atoms with Crippen LogP contribution in [0.4, 0.5) is 19.0 Å². The molecule has 2 aromatic rings. The quantitative estimate of drug-likeness (QED) is 0.812. The number of aliphatic carboxylic acids is 1. The largest absolute Gasteiger partial charge is 0.480 e. The summed E-state index contributed by atoms with van der Waals surface area (Å²) in [5.74, 6) is -1.31. The number of carbonyl (C=O) groups is 2. The van der Waals surface area contributed by atoms with E-state index in [2.05, 4.69) is 10.3 Å². The summed E-state index contributed by atoms with van der Waals surface area (Å²) < 4.78 is 40.6. The van der Waals surface area contributed by atoms with Crippen molar-refractivity contribution in [2.75, 3.05) is 44.7 Å².